The summed E-state index contributed by atoms with van der Waals surface area (Å²) >= 11 is 0. The number of fused-ring (bicyclic) bond motifs is 2. The summed E-state index contributed by atoms with van der Waals surface area (Å²) in [6.45, 7) is 3.00. The van der Waals surface area contributed by atoms with E-state index in [0.717, 1.165) is 55.2 Å². The molecule has 1 saturated heterocycles. The van der Waals surface area contributed by atoms with E-state index in [0.29, 0.717) is 42.1 Å². The van der Waals surface area contributed by atoms with Crippen LogP contribution in [0.2, 0.25) is 0 Å². The van der Waals surface area contributed by atoms with Crippen molar-refractivity contribution in [2.24, 2.45) is 18.4 Å². The largest absolute Gasteiger partial charge is 0.380 e. The number of nitrogens with one attached hydrogen (secondary N) is 4. The topological polar surface area (TPSA) is 143 Å². The van der Waals surface area contributed by atoms with E-state index in [1.165, 1.54) is 10.7 Å². The molecule has 3 heterocycles. The minimum Gasteiger partial charge on any atom is -0.380 e. The van der Waals surface area contributed by atoms with E-state index in [1.54, 1.807) is 25.4 Å². The van der Waals surface area contributed by atoms with Gasteiger partial charge in [0, 0.05) is 32.3 Å². The number of halogens is 1. The highest BCUT2D eigenvalue weighted by Crippen LogP contribution is 2.66. The van der Waals surface area contributed by atoms with E-state index in [1.807, 2.05) is 31.2 Å². The Morgan fingerprint density at radius 2 is 1.94 bits per heavy atom. The van der Waals surface area contributed by atoms with Gasteiger partial charge in [0.2, 0.25) is 11.8 Å². The first-order valence-electron chi connectivity index (χ1n) is 17.5. The van der Waals surface area contributed by atoms with Crippen molar-refractivity contribution in [3.8, 4) is 0 Å². The molecule has 8 rings (SSSR count). The van der Waals surface area contributed by atoms with Crippen LogP contribution in [-0.4, -0.2) is 63.3 Å². The lowest BCUT2D eigenvalue weighted by atomic mass is 9.76. The standard InChI is InChI=1S/C37H42FN7O4/c1-3-39-34(47)30(21-5-4-6-21)44-35(48)37(14-16-49-20-37)23-8-10-26-27(17-23)42-32(41-26)31(43-33(46)28-11-15-40-45(28)2)29-25-18-24(38)9-7-22(25)19-36(29)12-13-36/h7-11,15,17-18,21,29-31H,3-6,12-14,16,19-20H2,1-2H3,(H,39,47)(H,41,42)(H,43,46)(H,44,48)/t29-,30-,31+,37?/m1/s1. The number of ether oxygens (including phenoxy) is 1. The van der Waals surface area contributed by atoms with Gasteiger partial charge in [0.05, 0.1) is 29.1 Å². The second kappa shape index (κ2) is 12.1. The van der Waals surface area contributed by atoms with Crippen LogP contribution in [0.1, 0.15) is 90.4 Å². The highest BCUT2D eigenvalue weighted by molar-refractivity contribution is 5.95. The Labute approximate surface area is 283 Å². The zero-order chi connectivity index (χ0) is 33.9. The van der Waals surface area contributed by atoms with E-state index in [4.69, 9.17) is 9.72 Å². The first-order chi connectivity index (χ1) is 23.7. The molecule has 4 atom stereocenters. The number of nitrogens with zero attached hydrogens (tertiary/aromatic N) is 3. The first-order valence-corrected chi connectivity index (χ1v) is 17.5. The molecular weight excluding hydrogens is 625 g/mol. The highest BCUT2D eigenvalue weighted by Gasteiger charge is 2.58. The Morgan fingerprint density at radius 3 is 2.61 bits per heavy atom. The van der Waals surface area contributed by atoms with E-state index in [-0.39, 0.29) is 47.4 Å². The summed E-state index contributed by atoms with van der Waals surface area (Å²) in [5.41, 5.74) is 3.53. The fourth-order valence-electron chi connectivity index (χ4n) is 8.45. The molecule has 4 aliphatic rings. The average Bonchev–Trinajstić information content (AvgIpc) is 3.48. The number of rotatable bonds is 10. The third kappa shape index (κ3) is 5.40. The highest BCUT2D eigenvalue weighted by atomic mass is 19.1. The van der Waals surface area contributed by atoms with Crippen LogP contribution in [0, 0.1) is 17.2 Å². The monoisotopic (exact) mass is 667 g/mol. The van der Waals surface area contributed by atoms with Crippen molar-refractivity contribution in [2.75, 3.05) is 19.8 Å². The van der Waals surface area contributed by atoms with Crippen molar-refractivity contribution in [1.29, 1.82) is 0 Å². The van der Waals surface area contributed by atoms with Crippen LogP contribution in [0.4, 0.5) is 4.39 Å². The third-order valence-electron chi connectivity index (χ3n) is 11.6. The van der Waals surface area contributed by atoms with Crippen molar-refractivity contribution in [1.82, 2.24) is 35.7 Å². The van der Waals surface area contributed by atoms with Gasteiger partial charge in [0.25, 0.3) is 5.91 Å². The van der Waals surface area contributed by atoms with E-state index < -0.39 is 17.5 Å². The lowest BCUT2D eigenvalue weighted by Crippen LogP contribution is -2.57. The van der Waals surface area contributed by atoms with Crippen LogP contribution in [0.3, 0.4) is 0 Å². The molecular formula is C37H42FN7O4. The quantitative estimate of drug-likeness (QED) is 0.201. The van der Waals surface area contributed by atoms with E-state index in [2.05, 4.69) is 26.0 Å². The second-order valence-corrected chi connectivity index (χ2v) is 14.4. The summed E-state index contributed by atoms with van der Waals surface area (Å²) in [7, 11) is 1.72. The normalized spacial score (nSPS) is 23.5. The number of hydrogen-bond donors (Lipinski definition) is 4. The van der Waals surface area contributed by atoms with Crippen LogP contribution in [-0.2, 0) is 33.2 Å². The zero-order valence-corrected chi connectivity index (χ0v) is 27.9. The van der Waals surface area contributed by atoms with Gasteiger partial charge in [-0.2, -0.15) is 5.10 Å². The molecule has 2 aromatic carbocycles. The van der Waals surface area contributed by atoms with Crippen molar-refractivity contribution >= 4 is 28.8 Å². The second-order valence-electron chi connectivity index (χ2n) is 14.4. The van der Waals surface area contributed by atoms with Gasteiger partial charge in [-0.1, -0.05) is 18.6 Å². The average molecular weight is 668 g/mol. The Kier molecular flexibility index (Phi) is 7.81. The van der Waals surface area contributed by atoms with Gasteiger partial charge in [-0.25, -0.2) is 9.37 Å². The van der Waals surface area contributed by atoms with Crippen molar-refractivity contribution in [3.63, 3.8) is 0 Å². The number of likely N-dealkylation sites (N-methyl/N-ethyl adjacent to an activating group) is 1. The number of imidazole rings is 1. The molecule has 11 nitrogen and oxygen atoms in total. The maximum absolute atomic E-state index is 14.7. The Bertz CT molecular complexity index is 1940. The van der Waals surface area contributed by atoms with E-state index >= 15 is 0 Å². The number of H-pyrrole nitrogens is 1. The zero-order valence-electron chi connectivity index (χ0n) is 27.9. The number of hydrogen-bond acceptors (Lipinski definition) is 6. The Morgan fingerprint density at radius 1 is 1.10 bits per heavy atom. The summed E-state index contributed by atoms with van der Waals surface area (Å²) in [6, 6.07) is 11.2. The SMILES string of the molecule is CCNC(=O)[C@H](NC(=O)C1(c2ccc3nc([C@@H](NC(=O)c4ccnn4C)[C@H]4c5cc(F)ccc5CC45CC5)[nH]c3c2)CCOC1)C1CCC1. The van der Waals surface area contributed by atoms with Crippen molar-refractivity contribution < 1.29 is 23.5 Å². The fraction of sp³-hybridized carbons (Fsp3) is 0.486. The summed E-state index contributed by atoms with van der Waals surface area (Å²) in [5.74, 6) is -0.458. The number of aryl methyl sites for hydroxylation is 1. The molecule has 1 aliphatic heterocycles. The smallest absolute Gasteiger partial charge is 0.270 e. The molecule has 2 aromatic heterocycles. The van der Waals surface area contributed by atoms with Crippen LogP contribution in [0.15, 0.2) is 48.7 Å². The minimum absolute atomic E-state index is 0.0882. The summed E-state index contributed by atoms with van der Waals surface area (Å²) in [6.07, 6.45) is 7.71. The van der Waals surface area contributed by atoms with Crippen LogP contribution in [0.25, 0.3) is 11.0 Å². The fourth-order valence-corrected chi connectivity index (χ4v) is 8.45. The summed E-state index contributed by atoms with van der Waals surface area (Å²) < 4.78 is 22.1. The van der Waals surface area contributed by atoms with Crippen LogP contribution < -0.4 is 16.0 Å². The van der Waals surface area contributed by atoms with Crippen LogP contribution in [0.5, 0.6) is 0 Å². The molecule has 1 spiro atoms. The first kappa shape index (κ1) is 31.7. The molecule has 256 valence electrons. The van der Waals surface area contributed by atoms with Gasteiger partial charge in [-0.15, -0.1) is 0 Å². The molecule has 12 heteroatoms. The molecule has 3 aliphatic carbocycles. The van der Waals surface area contributed by atoms with E-state index in [9.17, 15) is 18.8 Å². The van der Waals surface area contributed by atoms with Crippen molar-refractivity contribution in [2.45, 2.75) is 75.3 Å². The van der Waals surface area contributed by atoms with Gasteiger partial charge in [0.1, 0.15) is 23.4 Å². The number of aromatic amines is 1. The maximum atomic E-state index is 14.7. The lowest BCUT2D eigenvalue weighted by Gasteiger charge is -2.36. The van der Waals surface area contributed by atoms with Gasteiger partial charge in [-0.3, -0.25) is 19.1 Å². The molecule has 1 unspecified atom stereocenters. The molecule has 2 saturated carbocycles. The van der Waals surface area contributed by atoms with Crippen molar-refractivity contribution in [3.05, 3.63) is 82.7 Å². The number of aromatic nitrogens is 4. The minimum atomic E-state index is -0.971. The van der Waals surface area contributed by atoms with Gasteiger partial charge in [-0.05, 0) is 104 Å². The van der Waals surface area contributed by atoms with Gasteiger partial charge in [0.15, 0.2) is 0 Å². The molecule has 4 N–H and O–H groups in total. The molecule has 49 heavy (non-hydrogen) atoms. The maximum Gasteiger partial charge on any atom is 0.270 e. The number of carbonyl (C=O) groups is 3. The molecule has 0 bridgehead atoms. The molecule has 3 amide bonds. The predicted octanol–water partition coefficient (Wildman–Crippen LogP) is 4.11. The Balaban J connectivity index is 1.16. The third-order valence-corrected chi connectivity index (χ3v) is 11.6. The number of amides is 3. The Hall–Kier alpha value is -4.58. The van der Waals surface area contributed by atoms with Gasteiger partial charge < -0.3 is 25.7 Å². The van der Waals surface area contributed by atoms with Gasteiger partial charge >= 0.3 is 0 Å². The number of carbonyl (C=O) groups excluding carboxylic acids is 3. The molecule has 0 radical (unpaired) electrons. The van der Waals surface area contributed by atoms with Crippen LogP contribution >= 0.6 is 0 Å². The summed E-state index contributed by atoms with van der Waals surface area (Å²) in [4.78, 5) is 49.4. The molecule has 4 aromatic rings. The lowest BCUT2D eigenvalue weighted by molar-refractivity contribution is -0.134. The molecule has 3 fully saturated rings. The predicted molar refractivity (Wildman–Crippen MR) is 179 cm³/mol. The number of benzene rings is 2. The summed E-state index contributed by atoms with van der Waals surface area (Å²) in [5, 5.41) is 13.5.